The normalized spacial score (nSPS) is 9.43. The van der Waals surface area contributed by atoms with Crippen LogP contribution in [-0.2, 0) is 0 Å². The first-order valence-electron chi connectivity index (χ1n) is 2.44. The van der Waals surface area contributed by atoms with Gasteiger partial charge in [0.15, 0.2) is 0 Å². The molecule has 0 rings (SSSR count). The van der Waals surface area contributed by atoms with Crippen LogP contribution in [0, 0.1) is 11.8 Å². The molecule has 0 unspecified atom stereocenters. The summed E-state index contributed by atoms with van der Waals surface area (Å²) in [5.74, 6) is 2.28. The fourth-order valence-electron chi connectivity index (χ4n) is 0. The molecular formula is C6H13Na. The summed E-state index contributed by atoms with van der Waals surface area (Å²) in [4.78, 5) is 0. The Balaban J connectivity index is 0. The van der Waals surface area contributed by atoms with Gasteiger partial charge in [-0.2, -0.15) is 19.8 Å². The maximum atomic E-state index is 2.20. The maximum absolute atomic E-state index is 2.20. The first kappa shape index (κ1) is 10.9. The zero-order chi connectivity index (χ0) is 5.15. The molecular weight excluding hydrogens is 95.1 g/mol. The van der Waals surface area contributed by atoms with Crippen LogP contribution in [0.4, 0.5) is 0 Å². The topological polar surface area (TPSA) is 0 Å². The molecule has 1 heteroatoms. The first-order valence-corrected chi connectivity index (χ1v) is 2.44. The smallest absolute Gasteiger partial charge is 0.317 e. The van der Waals surface area contributed by atoms with Crippen molar-refractivity contribution in [2.24, 2.45) is 5.92 Å². The van der Waals surface area contributed by atoms with E-state index in [0.717, 1.165) is 5.92 Å². The van der Waals surface area contributed by atoms with Gasteiger partial charge < -0.3 is 5.92 Å². The summed E-state index contributed by atoms with van der Waals surface area (Å²) >= 11 is 0. The summed E-state index contributed by atoms with van der Waals surface area (Å²) < 4.78 is 0. The molecule has 0 aliphatic heterocycles. The predicted molar refractivity (Wildman–Crippen MR) is 29.4 cm³/mol. The molecule has 0 saturated heterocycles. The van der Waals surface area contributed by atoms with E-state index in [0.29, 0.717) is 0 Å². The van der Waals surface area contributed by atoms with Crippen LogP contribution in [0.15, 0.2) is 0 Å². The molecule has 0 atom stereocenters. The Morgan fingerprint density at radius 3 is 1.29 bits per heavy atom. The largest absolute Gasteiger partial charge is 1.00 e. The van der Waals surface area contributed by atoms with Crippen LogP contribution in [-0.4, -0.2) is 0 Å². The second kappa shape index (κ2) is 5.14. The third-order valence-electron chi connectivity index (χ3n) is 1.15. The summed E-state index contributed by atoms with van der Waals surface area (Å²) in [6, 6.07) is 0. The van der Waals surface area contributed by atoms with Crippen molar-refractivity contribution in [2.45, 2.75) is 27.7 Å². The average Bonchev–Trinajstić information content (AvgIpc) is 1.36. The second-order valence-electron chi connectivity index (χ2n) is 2.23. The number of hydrogen-bond donors (Lipinski definition) is 0. The molecule has 0 nitrogen and oxygen atoms in total. The van der Waals surface area contributed by atoms with Crippen LogP contribution in [0.5, 0.6) is 0 Å². The van der Waals surface area contributed by atoms with E-state index < -0.39 is 0 Å². The Hall–Kier alpha value is 1.00. The van der Waals surface area contributed by atoms with E-state index >= 15 is 0 Å². The van der Waals surface area contributed by atoms with Crippen molar-refractivity contribution in [1.29, 1.82) is 0 Å². The van der Waals surface area contributed by atoms with Crippen molar-refractivity contribution < 1.29 is 29.6 Å². The van der Waals surface area contributed by atoms with Crippen LogP contribution in [0.1, 0.15) is 27.7 Å². The fourth-order valence-corrected chi connectivity index (χ4v) is 0. The molecule has 0 aliphatic carbocycles. The van der Waals surface area contributed by atoms with Gasteiger partial charge in [-0.05, 0) is 0 Å². The summed E-state index contributed by atoms with van der Waals surface area (Å²) in [7, 11) is 0. The minimum atomic E-state index is 0. The second-order valence-corrected chi connectivity index (χ2v) is 2.23. The van der Waals surface area contributed by atoms with Crippen molar-refractivity contribution in [3.05, 3.63) is 5.92 Å². The van der Waals surface area contributed by atoms with Gasteiger partial charge in [-0.3, -0.25) is 0 Å². The molecule has 0 heterocycles. The zero-order valence-corrected chi connectivity index (χ0v) is 8.08. The number of rotatable bonds is 1. The van der Waals surface area contributed by atoms with Crippen LogP contribution >= 0.6 is 0 Å². The molecule has 0 radical (unpaired) electrons. The van der Waals surface area contributed by atoms with Gasteiger partial charge in [-0.15, -0.1) is 0 Å². The third kappa shape index (κ3) is 7.00. The van der Waals surface area contributed by atoms with Crippen molar-refractivity contribution in [3.8, 4) is 0 Å². The monoisotopic (exact) mass is 108 g/mol. The Bertz CT molecular complexity index is 25.2. The van der Waals surface area contributed by atoms with Gasteiger partial charge in [0.2, 0.25) is 0 Å². The zero-order valence-electron chi connectivity index (χ0n) is 6.08. The van der Waals surface area contributed by atoms with Gasteiger partial charge in [0, 0.05) is 0 Å². The molecule has 0 aromatic rings. The Morgan fingerprint density at radius 1 is 1.14 bits per heavy atom. The molecule has 7 heavy (non-hydrogen) atoms. The van der Waals surface area contributed by atoms with Crippen LogP contribution in [0.25, 0.3) is 0 Å². The quantitative estimate of drug-likeness (QED) is 0.306. The van der Waals surface area contributed by atoms with Crippen molar-refractivity contribution >= 4 is 0 Å². The van der Waals surface area contributed by atoms with Gasteiger partial charge in [0.25, 0.3) is 0 Å². The van der Waals surface area contributed by atoms with Gasteiger partial charge in [-0.25, -0.2) is 0 Å². The van der Waals surface area contributed by atoms with E-state index in [2.05, 4.69) is 27.7 Å². The molecule has 0 amide bonds. The SMILES string of the molecule is C[C-](C)C(C)C.[Na+]. The molecule has 0 aliphatic rings. The van der Waals surface area contributed by atoms with Crippen LogP contribution in [0.2, 0.25) is 0 Å². The molecule has 0 aromatic heterocycles. The summed E-state index contributed by atoms with van der Waals surface area (Å²) in [6.45, 7) is 8.72. The van der Waals surface area contributed by atoms with Crippen LogP contribution < -0.4 is 29.6 Å². The molecule has 0 aromatic carbocycles. The Morgan fingerprint density at radius 2 is 1.29 bits per heavy atom. The van der Waals surface area contributed by atoms with E-state index in [1.54, 1.807) is 0 Å². The van der Waals surface area contributed by atoms with Crippen LogP contribution in [0.3, 0.4) is 0 Å². The van der Waals surface area contributed by atoms with E-state index in [4.69, 9.17) is 0 Å². The summed E-state index contributed by atoms with van der Waals surface area (Å²) in [5.41, 5.74) is 0. The predicted octanol–water partition coefficient (Wildman–Crippen LogP) is -0.739. The van der Waals surface area contributed by atoms with E-state index in [-0.39, 0.29) is 29.6 Å². The van der Waals surface area contributed by atoms with E-state index in [1.807, 2.05) is 0 Å². The summed E-state index contributed by atoms with van der Waals surface area (Å²) in [5, 5.41) is 0. The average molecular weight is 108 g/mol. The van der Waals surface area contributed by atoms with Crippen molar-refractivity contribution in [2.75, 3.05) is 0 Å². The first-order chi connectivity index (χ1) is 2.64. The van der Waals surface area contributed by atoms with Crippen molar-refractivity contribution in [1.82, 2.24) is 0 Å². The minimum Gasteiger partial charge on any atom is -0.317 e. The Labute approximate surface area is 69.0 Å². The van der Waals surface area contributed by atoms with Gasteiger partial charge in [0.05, 0.1) is 0 Å². The standard InChI is InChI=1S/C6H13.Na/c1-5(2)6(3)4;/h5H,1-4H3;/q-1;+1. The minimum absolute atomic E-state index is 0. The van der Waals surface area contributed by atoms with Crippen molar-refractivity contribution in [3.63, 3.8) is 0 Å². The summed E-state index contributed by atoms with van der Waals surface area (Å²) in [6.07, 6.45) is 0. The fraction of sp³-hybridized carbons (Fsp3) is 0.833. The van der Waals surface area contributed by atoms with Gasteiger partial charge >= 0.3 is 29.6 Å². The molecule has 38 valence electrons. The van der Waals surface area contributed by atoms with Gasteiger partial charge in [0.1, 0.15) is 0 Å². The molecule has 0 spiro atoms. The Kier molecular flexibility index (Phi) is 8.00. The molecule has 0 N–H and O–H groups in total. The molecule has 0 bridgehead atoms. The van der Waals surface area contributed by atoms with E-state index in [9.17, 15) is 0 Å². The molecule has 0 saturated carbocycles. The number of hydrogen-bond acceptors (Lipinski definition) is 0. The third-order valence-corrected chi connectivity index (χ3v) is 1.15. The van der Waals surface area contributed by atoms with Gasteiger partial charge in [-0.1, -0.05) is 13.8 Å². The maximum Gasteiger partial charge on any atom is 1.00 e. The molecule has 0 fully saturated rings. The van der Waals surface area contributed by atoms with E-state index in [1.165, 1.54) is 5.92 Å².